The Balaban J connectivity index is 1.81. The zero-order chi connectivity index (χ0) is 26.9. The van der Waals surface area contributed by atoms with Crippen LogP contribution in [0.5, 0.6) is 0 Å². The van der Waals surface area contributed by atoms with E-state index in [9.17, 15) is 19.5 Å². The van der Waals surface area contributed by atoms with Crippen molar-refractivity contribution in [2.24, 2.45) is 11.8 Å². The summed E-state index contributed by atoms with van der Waals surface area (Å²) >= 11 is 11.8. The van der Waals surface area contributed by atoms with E-state index >= 15 is 0 Å². The number of benzene rings is 1. The topological polar surface area (TPSA) is 87.2 Å². The number of carbonyl (C=O) groups is 3. The molecule has 3 heterocycles. The third-order valence-electron chi connectivity index (χ3n) is 7.60. The van der Waals surface area contributed by atoms with Crippen molar-refractivity contribution in [1.29, 1.82) is 0 Å². The number of aliphatic hydroxyl groups excluding tert-OH is 1. The maximum Gasteiger partial charge on any atom is 0.310 e. The van der Waals surface area contributed by atoms with Gasteiger partial charge in [-0.25, -0.2) is 0 Å². The van der Waals surface area contributed by atoms with Gasteiger partial charge in [0.2, 0.25) is 5.91 Å². The van der Waals surface area contributed by atoms with Gasteiger partial charge in [0, 0.05) is 16.6 Å². The van der Waals surface area contributed by atoms with E-state index in [1.807, 2.05) is 6.92 Å². The molecule has 0 aliphatic carbocycles. The van der Waals surface area contributed by atoms with Crippen LogP contribution in [0, 0.1) is 11.8 Å². The minimum absolute atomic E-state index is 0.0730. The fourth-order valence-corrected chi connectivity index (χ4v) is 9.84. The number of hydrogen-bond acceptors (Lipinski definition) is 6. The third-order valence-corrected chi connectivity index (χ3v) is 11.1. The molecule has 200 valence electrons. The standard InChI is InChI=1S/C27H32BrClN2O5S/c1-4-7-13-36-26(35)20-21-24(33)31(16(6-3)15-32)23(27(21)14-17(28)22(20)37-27)25(34)30(12-5-2)19-11-9-8-10-18(19)29/h4-5,8-11,16-17,20-23,32H,1-2,6-7,12-15H2,3H3/t16-,17?,20+,21-,22+,23?,27?/m0/s1. The highest BCUT2D eigenvalue weighted by Gasteiger charge is 2.76. The number of alkyl halides is 1. The molecule has 7 nitrogen and oxygen atoms in total. The maximum atomic E-state index is 14.5. The Hall–Kier alpha value is -1.81. The number of anilines is 1. The van der Waals surface area contributed by atoms with Crippen molar-refractivity contribution in [3.63, 3.8) is 0 Å². The number of nitrogens with zero attached hydrogens (tertiary/aromatic N) is 2. The van der Waals surface area contributed by atoms with Crippen molar-refractivity contribution in [3.05, 3.63) is 54.6 Å². The average Bonchev–Trinajstić information content (AvgIpc) is 3.47. The molecule has 2 amide bonds. The van der Waals surface area contributed by atoms with Gasteiger partial charge in [-0.3, -0.25) is 14.4 Å². The molecule has 7 atom stereocenters. The number of aliphatic hydroxyl groups is 1. The molecule has 1 aromatic rings. The van der Waals surface area contributed by atoms with Crippen LogP contribution in [0.3, 0.4) is 0 Å². The number of ether oxygens (including phenoxy) is 1. The number of thioether (sulfide) groups is 1. The molecule has 3 fully saturated rings. The van der Waals surface area contributed by atoms with E-state index in [1.54, 1.807) is 41.3 Å². The molecular formula is C27H32BrClN2O5S. The number of esters is 1. The van der Waals surface area contributed by atoms with Crippen LogP contribution in [0.2, 0.25) is 5.02 Å². The molecular weight excluding hydrogens is 580 g/mol. The van der Waals surface area contributed by atoms with E-state index in [-0.39, 0.29) is 41.6 Å². The second kappa shape index (κ2) is 11.5. The number of rotatable bonds is 11. The zero-order valence-corrected chi connectivity index (χ0v) is 23.9. The summed E-state index contributed by atoms with van der Waals surface area (Å²) in [5.41, 5.74) is 0.520. The van der Waals surface area contributed by atoms with E-state index in [0.29, 0.717) is 30.0 Å². The van der Waals surface area contributed by atoms with Gasteiger partial charge in [-0.15, -0.1) is 24.9 Å². The summed E-state index contributed by atoms with van der Waals surface area (Å²) in [5, 5.41) is 10.4. The molecule has 3 aliphatic rings. The minimum atomic E-state index is -0.889. The molecule has 10 heteroatoms. The first-order valence-electron chi connectivity index (χ1n) is 12.5. The van der Waals surface area contributed by atoms with Gasteiger partial charge < -0.3 is 19.6 Å². The summed E-state index contributed by atoms with van der Waals surface area (Å²) in [5.74, 6) is -2.42. The lowest BCUT2D eigenvalue weighted by Crippen LogP contribution is -2.58. The highest BCUT2D eigenvalue weighted by atomic mass is 79.9. The number of likely N-dealkylation sites (tertiary alicyclic amines) is 1. The Morgan fingerprint density at radius 3 is 2.73 bits per heavy atom. The lowest BCUT2D eigenvalue weighted by Gasteiger charge is -2.39. The van der Waals surface area contributed by atoms with Crippen LogP contribution in [0.25, 0.3) is 0 Å². The highest BCUT2D eigenvalue weighted by molar-refractivity contribution is 9.09. The second-order valence-electron chi connectivity index (χ2n) is 9.59. The monoisotopic (exact) mass is 610 g/mol. The summed E-state index contributed by atoms with van der Waals surface area (Å²) in [6, 6.07) is 5.60. The molecule has 0 saturated carbocycles. The molecule has 0 aromatic heterocycles. The van der Waals surface area contributed by atoms with Crippen molar-refractivity contribution in [2.45, 2.75) is 53.1 Å². The van der Waals surface area contributed by atoms with Gasteiger partial charge in [0.15, 0.2) is 0 Å². The Kier molecular flexibility index (Phi) is 8.78. The van der Waals surface area contributed by atoms with Gasteiger partial charge in [0.1, 0.15) is 6.04 Å². The fourth-order valence-electron chi connectivity index (χ4n) is 6.02. The number of para-hydroxylation sites is 1. The second-order valence-corrected chi connectivity index (χ2v) is 12.7. The van der Waals surface area contributed by atoms with E-state index < -0.39 is 34.6 Å². The third kappa shape index (κ3) is 4.66. The van der Waals surface area contributed by atoms with Gasteiger partial charge in [0.25, 0.3) is 5.91 Å². The minimum Gasteiger partial charge on any atom is -0.465 e. The van der Waals surface area contributed by atoms with Crippen molar-refractivity contribution in [1.82, 2.24) is 4.90 Å². The first-order chi connectivity index (χ1) is 17.8. The van der Waals surface area contributed by atoms with Crippen molar-refractivity contribution in [2.75, 3.05) is 24.7 Å². The van der Waals surface area contributed by atoms with E-state index in [4.69, 9.17) is 16.3 Å². The molecule has 3 saturated heterocycles. The average molecular weight is 612 g/mol. The van der Waals surface area contributed by atoms with Crippen LogP contribution < -0.4 is 4.90 Å². The molecule has 0 radical (unpaired) electrons. The number of fused-ring (bicyclic) bond motifs is 1. The molecule has 2 bridgehead atoms. The summed E-state index contributed by atoms with van der Waals surface area (Å²) in [4.78, 5) is 44.9. The maximum absolute atomic E-state index is 14.5. The van der Waals surface area contributed by atoms with E-state index in [1.165, 1.54) is 16.7 Å². The predicted octanol–water partition coefficient (Wildman–Crippen LogP) is 4.21. The molecule has 4 rings (SSSR count). The van der Waals surface area contributed by atoms with Gasteiger partial charge >= 0.3 is 5.97 Å². The van der Waals surface area contributed by atoms with Gasteiger partial charge in [-0.05, 0) is 31.4 Å². The number of amides is 2. The summed E-state index contributed by atoms with van der Waals surface area (Å²) in [6.07, 6.45) is 4.80. The largest absolute Gasteiger partial charge is 0.465 e. The molecule has 1 N–H and O–H groups in total. The first-order valence-corrected chi connectivity index (χ1v) is 14.6. The van der Waals surface area contributed by atoms with Gasteiger partial charge in [-0.2, -0.15) is 0 Å². The summed E-state index contributed by atoms with van der Waals surface area (Å²) < 4.78 is 4.70. The lowest BCUT2D eigenvalue weighted by atomic mass is 9.71. The van der Waals surface area contributed by atoms with Crippen LogP contribution in [-0.4, -0.2) is 74.5 Å². The van der Waals surface area contributed by atoms with Crippen molar-refractivity contribution >= 4 is 62.8 Å². The molecule has 3 aliphatic heterocycles. The van der Waals surface area contributed by atoms with E-state index in [2.05, 4.69) is 29.1 Å². The van der Waals surface area contributed by atoms with Gasteiger partial charge in [0.05, 0.1) is 46.5 Å². The molecule has 3 unspecified atom stereocenters. The normalized spacial score (nSPS) is 30.6. The molecule has 1 spiro atoms. The Morgan fingerprint density at radius 2 is 2.11 bits per heavy atom. The first kappa shape index (κ1) is 28.2. The van der Waals surface area contributed by atoms with Crippen LogP contribution in [0.15, 0.2) is 49.6 Å². The lowest BCUT2D eigenvalue weighted by molar-refractivity contribution is -0.154. The fraction of sp³-hybridized carbons (Fsp3) is 0.519. The predicted molar refractivity (Wildman–Crippen MR) is 150 cm³/mol. The summed E-state index contributed by atoms with van der Waals surface area (Å²) in [6.45, 7) is 9.45. The Bertz CT molecular complexity index is 1080. The van der Waals surface area contributed by atoms with Crippen molar-refractivity contribution < 1.29 is 24.2 Å². The number of halogens is 2. The van der Waals surface area contributed by atoms with Crippen molar-refractivity contribution in [3.8, 4) is 0 Å². The summed E-state index contributed by atoms with van der Waals surface area (Å²) in [7, 11) is 0. The zero-order valence-electron chi connectivity index (χ0n) is 20.7. The quantitative estimate of drug-likeness (QED) is 0.175. The van der Waals surface area contributed by atoms with Crippen LogP contribution in [0.4, 0.5) is 5.69 Å². The van der Waals surface area contributed by atoms with Gasteiger partial charge in [-0.1, -0.05) is 58.7 Å². The van der Waals surface area contributed by atoms with Crippen LogP contribution in [-0.2, 0) is 19.1 Å². The Labute approximate surface area is 235 Å². The SMILES string of the molecule is C=CCCOC(=O)[C@H]1[C@@H]2SC3(CC2Br)C(C(=O)N(CC=C)c2ccccc2Cl)N([C@@H](CC)CO)C(=O)[C@H]13. The van der Waals surface area contributed by atoms with E-state index in [0.717, 1.165) is 0 Å². The molecule has 1 aromatic carbocycles. The van der Waals surface area contributed by atoms with Crippen LogP contribution in [0.1, 0.15) is 26.2 Å². The highest BCUT2D eigenvalue weighted by Crippen LogP contribution is 2.68. The van der Waals surface area contributed by atoms with Crippen LogP contribution >= 0.6 is 39.3 Å². The Morgan fingerprint density at radius 1 is 1.38 bits per heavy atom. The number of carbonyl (C=O) groups excluding carboxylic acids is 3. The number of hydrogen-bond donors (Lipinski definition) is 1. The smallest absolute Gasteiger partial charge is 0.310 e. The molecule has 37 heavy (non-hydrogen) atoms.